The standard InChI is InChI=1S/C21H29N3O4/c1-4-7-19(25)23-17(20(26)24-18(21(27)28)10-13(2)3)11-14-12-22-16-9-6-5-8-15(14)16/h5-6,8-9,12-13,17-18,22H,4,7,10-11H2,1-3H3,(H,23,25)(H,24,26)(H,27,28). The van der Waals surface area contributed by atoms with E-state index in [4.69, 9.17) is 0 Å². The number of para-hydroxylation sites is 1. The van der Waals surface area contributed by atoms with Gasteiger partial charge in [-0.05, 0) is 30.4 Å². The molecule has 0 fully saturated rings. The number of carboxylic acids is 1. The fraction of sp³-hybridized carbons (Fsp3) is 0.476. The van der Waals surface area contributed by atoms with Crippen LogP contribution in [-0.4, -0.2) is 40.0 Å². The number of carbonyl (C=O) groups is 3. The molecule has 0 bridgehead atoms. The summed E-state index contributed by atoms with van der Waals surface area (Å²) in [6, 6.07) is 5.88. The molecular formula is C21H29N3O4. The van der Waals surface area contributed by atoms with Crippen LogP contribution in [-0.2, 0) is 20.8 Å². The first-order valence-electron chi connectivity index (χ1n) is 9.69. The summed E-state index contributed by atoms with van der Waals surface area (Å²) in [7, 11) is 0. The fourth-order valence-electron chi connectivity index (χ4n) is 3.19. The van der Waals surface area contributed by atoms with Crippen molar-refractivity contribution in [1.82, 2.24) is 15.6 Å². The van der Waals surface area contributed by atoms with E-state index in [0.717, 1.165) is 16.5 Å². The molecule has 1 heterocycles. The number of carboxylic acid groups (broad SMARTS) is 1. The Labute approximate surface area is 164 Å². The molecule has 0 aliphatic heterocycles. The van der Waals surface area contributed by atoms with Gasteiger partial charge in [-0.15, -0.1) is 0 Å². The Kier molecular flexibility index (Phi) is 7.61. The van der Waals surface area contributed by atoms with Crippen molar-refractivity contribution >= 4 is 28.7 Å². The molecule has 2 atom stereocenters. The number of aliphatic carboxylic acids is 1. The molecule has 28 heavy (non-hydrogen) atoms. The van der Waals surface area contributed by atoms with E-state index < -0.39 is 24.0 Å². The number of hydrogen-bond acceptors (Lipinski definition) is 3. The number of nitrogens with one attached hydrogen (secondary N) is 3. The Morgan fingerprint density at radius 3 is 2.46 bits per heavy atom. The fourth-order valence-corrected chi connectivity index (χ4v) is 3.19. The number of hydrogen-bond donors (Lipinski definition) is 4. The highest BCUT2D eigenvalue weighted by molar-refractivity contribution is 5.91. The van der Waals surface area contributed by atoms with Gasteiger partial charge in [0.1, 0.15) is 12.1 Å². The van der Waals surface area contributed by atoms with Gasteiger partial charge in [-0.3, -0.25) is 9.59 Å². The number of carbonyl (C=O) groups excluding carboxylic acids is 2. The van der Waals surface area contributed by atoms with Gasteiger partial charge in [0.15, 0.2) is 0 Å². The topological polar surface area (TPSA) is 111 Å². The highest BCUT2D eigenvalue weighted by Crippen LogP contribution is 2.19. The molecule has 7 heteroatoms. The van der Waals surface area contributed by atoms with Gasteiger partial charge >= 0.3 is 5.97 Å². The first kappa shape index (κ1) is 21.5. The molecule has 2 unspecified atom stereocenters. The van der Waals surface area contributed by atoms with Crippen molar-refractivity contribution in [2.45, 2.75) is 58.5 Å². The third-order valence-electron chi connectivity index (χ3n) is 4.55. The van der Waals surface area contributed by atoms with Crippen LogP contribution in [0.2, 0.25) is 0 Å². The summed E-state index contributed by atoms with van der Waals surface area (Å²) in [5.74, 6) is -1.67. The lowest BCUT2D eigenvalue weighted by molar-refractivity contribution is -0.142. The van der Waals surface area contributed by atoms with E-state index in [0.29, 0.717) is 19.3 Å². The molecule has 2 rings (SSSR count). The number of rotatable bonds is 10. The molecule has 1 aromatic carbocycles. The normalized spacial score (nSPS) is 13.3. The van der Waals surface area contributed by atoms with Gasteiger partial charge in [0, 0.05) is 29.9 Å². The van der Waals surface area contributed by atoms with Crippen molar-refractivity contribution in [1.29, 1.82) is 0 Å². The lowest BCUT2D eigenvalue weighted by Gasteiger charge is -2.22. The smallest absolute Gasteiger partial charge is 0.326 e. The summed E-state index contributed by atoms with van der Waals surface area (Å²) in [5, 5.41) is 15.7. The molecule has 4 N–H and O–H groups in total. The van der Waals surface area contributed by atoms with Crippen LogP contribution in [0.25, 0.3) is 10.9 Å². The zero-order valence-electron chi connectivity index (χ0n) is 16.6. The van der Waals surface area contributed by atoms with Gasteiger partial charge in [0.25, 0.3) is 0 Å². The van der Waals surface area contributed by atoms with Crippen molar-refractivity contribution in [3.63, 3.8) is 0 Å². The monoisotopic (exact) mass is 387 g/mol. The number of H-pyrrole nitrogens is 1. The summed E-state index contributed by atoms with van der Waals surface area (Å²) < 4.78 is 0. The number of aromatic nitrogens is 1. The van der Waals surface area contributed by atoms with Crippen molar-refractivity contribution in [3.05, 3.63) is 36.0 Å². The van der Waals surface area contributed by atoms with Gasteiger partial charge in [0.2, 0.25) is 11.8 Å². The van der Waals surface area contributed by atoms with Crippen LogP contribution in [0.4, 0.5) is 0 Å². The zero-order chi connectivity index (χ0) is 20.7. The molecule has 0 saturated carbocycles. The van der Waals surface area contributed by atoms with E-state index in [1.165, 1.54) is 0 Å². The first-order valence-corrected chi connectivity index (χ1v) is 9.69. The number of fused-ring (bicyclic) bond motifs is 1. The van der Waals surface area contributed by atoms with Crippen molar-refractivity contribution in [2.24, 2.45) is 5.92 Å². The number of benzene rings is 1. The molecule has 0 saturated heterocycles. The van der Waals surface area contributed by atoms with Crippen LogP contribution in [0.5, 0.6) is 0 Å². The first-order chi connectivity index (χ1) is 13.3. The largest absolute Gasteiger partial charge is 0.480 e. The van der Waals surface area contributed by atoms with Crippen LogP contribution in [0.3, 0.4) is 0 Å². The summed E-state index contributed by atoms with van der Waals surface area (Å²) in [5.41, 5.74) is 1.84. The van der Waals surface area contributed by atoms with Crippen molar-refractivity contribution in [2.75, 3.05) is 0 Å². The number of amides is 2. The molecule has 152 valence electrons. The van der Waals surface area contributed by atoms with Gasteiger partial charge < -0.3 is 20.7 Å². The molecule has 2 aromatic rings. The Balaban J connectivity index is 2.21. The minimum absolute atomic E-state index is 0.114. The maximum atomic E-state index is 12.8. The third-order valence-corrected chi connectivity index (χ3v) is 4.55. The molecule has 7 nitrogen and oxygen atoms in total. The molecular weight excluding hydrogens is 358 g/mol. The summed E-state index contributed by atoms with van der Waals surface area (Å²) >= 11 is 0. The van der Waals surface area contributed by atoms with E-state index in [1.54, 1.807) is 0 Å². The van der Waals surface area contributed by atoms with Crippen molar-refractivity contribution in [3.8, 4) is 0 Å². The van der Waals surface area contributed by atoms with Crippen LogP contribution in [0.15, 0.2) is 30.5 Å². The summed E-state index contributed by atoms with van der Waals surface area (Å²) in [4.78, 5) is 39.6. The second-order valence-electron chi connectivity index (χ2n) is 7.46. The Morgan fingerprint density at radius 2 is 1.82 bits per heavy atom. The highest BCUT2D eigenvalue weighted by Gasteiger charge is 2.27. The van der Waals surface area contributed by atoms with E-state index in [2.05, 4.69) is 15.6 Å². The Bertz CT molecular complexity index is 828. The average molecular weight is 387 g/mol. The highest BCUT2D eigenvalue weighted by atomic mass is 16.4. The minimum Gasteiger partial charge on any atom is -0.480 e. The second kappa shape index (κ2) is 9.92. The lowest BCUT2D eigenvalue weighted by atomic mass is 10.0. The number of aromatic amines is 1. The van der Waals surface area contributed by atoms with Crippen LogP contribution >= 0.6 is 0 Å². The predicted molar refractivity (Wildman–Crippen MR) is 108 cm³/mol. The van der Waals surface area contributed by atoms with E-state index in [9.17, 15) is 19.5 Å². The lowest BCUT2D eigenvalue weighted by Crippen LogP contribution is -2.52. The molecule has 0 radical (unpaired) electrons. The molecule has 0 aliphatic rings. The average Bonchev–Trinajstić information content (AvgIpc) is 3.03. The van der Waals surface area contributed by atoms with E-state index in [1.807, 2.05) is 51.2 Å². The molecule has 0 spiro atoms. The Morgan fingerprint density at radius 1 is 1.11 bits per heavy atom. The van der Waals surface area contributed by atoms with Gasteiger partial charge in [-0.1, -0.05) is 39.0 Å². The SMILES string of the molecule is CCCC(=O)NC(Cc1c[nH]c2ccccc12)C(=O)NC(CC(C)C)C(=O)O. The van der Waals surface area contributed by atoms with Crippen molar-refractivity contribution < 1.29 is 19.5 Å². The summed E-state index contributed by atoms with van der Waals surface area (Å²) in [6.45, 7) is 5.68. The zero-order valence-corrected chi connectivity index (χ0v) is 16.6. The van der Waals surface area contributed by atoms with Crippen LogP contribution in [0.1, 0.15) is 45.6 Å². The Hall–Kier alpha value is -2.83. The third kappa shape index (κ3) is 5.84. The van der Waals surface area contributed by atoms with Gasteiger partial charge in [-0.25, -0.2) is 4.79 Å². The van der Waals surface area contributed by atoms with Gasteiger partial charge in [0.05, 0.1) is 0 Å². The minimum atomic E-state index is -1.08. The maximum Gasteiger partial charge on any atom is 0.326 e. The van der Waals surface area contributed by atoms with Crippen LogP contribution < -0.4 is 10.6 Å². The molecule has 1 aromatic heterocycles. The van der Waals surface area contributed by atoms with Gasteiger partial charge in [-0.2, -0.15) is 0 Å². The molecule has 0 aliphatic carbocycles. The maximum absolute atomic E-state index is 12.8. The summed E-state index contributed by atoms with van der Waals surface area (Å²) in [6.07, 6.45) is 3.40. The van der Waals surface area contributed by atoms with E-state index >= 15 is 0 Å². The predicted octanol–water partition coefficient (Wildman–Crippen LogP) is 2.61. The van der Waals surface area contributed by atoms with Crippen LogP contribution in [0, 0.1) is 5.92 Å². The molecule has 2 amide bonds. The quantitative estimate of drug-likeness (QED) is 0.502. The van der Waals surface area contributed by atoms with E-state index in [-0.39, 0.29) is 18.2 Å². The second-order valence-corrected chi connectivity index (χ2v) is 7.46.